The van der Waals surface area contributed by atoms with Crippen LogP contribution in [-0.2, 0) is 11.3 Å². The SMILES string of the molecule is CCOc1ccccc1-c1noc(COC(=O)c2cc(Cl)ccc2O)n1. The fraction of sp³-hybridized carbons (Fsp3) is 0.167. The lowest BCUT2D eigenvalue weighted by molar-refractivity contribution is 0.0426. The van der Waals surface area contributed by atoms with Crippen molar-refractivity contribution in [1.29, 1.82) is 0 Å². The van der Waals surface area contributed by atoms with Crippen LogP contribution in [0, 0.1) is 0 Å². The van der Waals surface area contributed by atoms with Crippen LogP contribution in [0.2, 0.25) is 5.02 Å². The lowest BCUT2D eigenvalue weighted by Gasteiger charge is -2.06. The van der Waals surface area contributed by atoms with Gasteiger partial charge in [-0.1, -0.05) is 28.9 Å². The number of esters is 1. The Morgan fingerprint density at radius 2 is 2.08 bits per heavy atom. The van der Waals surface area contributed by atoms with Crippen LogP contribution in [0.1, 0.15) is 23.2 Å². The smallest absolute Gasteiger partial charge is 0.342 e. The number of phenolic OH excluding ortho intramolecular Hbond substituents is 1. The van der Waals surface area contributed by atoms with E-state index in [2.05, 4.69) is 10.1 Å². The van der Waals surface area contributed by atoms with Crippen LogP contribution in [0.25, 0.3) is 11.4 Å². The van der Waals surface area contributed by atoms with E-state index in [1.165, 1.54) is 18.2 Å². The molecule has 1 aromatic heterocycles. The number of aromatic nitrogens is 2. The fourth-order valence-corrected chi connectivity index (χ4v) is 2.40. The third-order valence-electron chi connectivity index (χ3n) is 3.40. The molecule has 0 unspecified atom stereocenters. The van der Waals surface area contributed by atoms with Crippen LogP contribution in [0.5, 0.6) is 11.5 Å². The largest absolute Gasteiger partial charge is 0.507 e. The number of benzene rings is 2. The van der Waals surface area contributed by atoms with Crippen molar-refractivity contribution in [3.8, 4) is 22.9 Å². The Bertz CT molecular complexity index is 925. The molecule has 0 aliphatic heterocycles. The van der Waals surface area contributed by atoms with Crippen LogP contribution in [0.15, 0.2) is 47.0 Å². The second-order valence-electron chi connectivity index (χ2n) is 5.18. The number of aromatic hydroxyl groups is 1. The standard InChI is InChI=1S/C18H15ClN2O5/c1-2-24-15-6-4-3-5-12(15)17-20-16(26-21-17)10-25-18(23)13-9-11(19)7-8-14(13)22/h3-9,22H,2,10H2,1H3. The molecule has 3 aromatic rings. The molecule has 0 spiro atoms. The number of nitrogens with zero attached hydrogens (tertiary/aromatic N) is 2. The third kappa shape index (κ3) is 3.94. The molecular weight excluding hydrogens is 360 g/mol. The van der Waals surface area contributed by atoms with Crippen LogP contribution in [0.3, 0.4) is 0 Å². The van der Waals surface area contributed by atoms with Crippen LogP contribution in [0.4, 0.5) is 0 Å². The molecule has 8 heteroatoms. The van der Waals surface area contributed by atoms with Crippen molar-refractivity contribution in [2.45, 2.75) is 13.5 Å². The van der Waals surface area contributed by atoms with Gasteiger partial charge in [0.15, 0.2) is 6.61 Å². The summed E-state index contributed by atoms with van der Waals surface area (Å²) in [7, 11) is 0. The highest BCUT2D eigenvalue weighted by Crippen LogP contribution is 2.28. The number of rotatable bonds is 6. The monoisotopic (exact) mass is 374 g/mol. The number of halogens is 1. The van der Waals surface area contributed by atoms with Gasteiger partial charge in [0.05, 0.1) is 12.2 Å². The van der Waals surface area contributed by atoms with Crippen molar-refractivity contribution in [2.24, 2.45) is 0 Å². The first kappa shape index (κ1) is 17.8. The molecule has 0 saturated carbocycles. The van der Waals surface area contributed by atoms with Crippen molar-refractivity contribution in [3.05, 3.63) is 58.9 Å². The summed E-state index contributed by atoms with van der Waals surface area (Å²) in [5.41, 5.74) is 0.627. The highest BCUT2D eigenvalue weighted by molar-refractivity contribution is 6.31. The molecule has 7 nitrogen and oxygen atoms in total. The molecule has 2 aromatic carbocycles. The van der Waals surface area contributed by atoms with Crippen LogP contribution >= 0.6 is 11.6 Å². The maximum atomic E-state index is 12.1. The second kappa shape index (κ2) is 7.88. The Labute approximate surface area is 154 Å². The van der Waals surface area contributed by atoms with E-state index in [-0.39, 0.29) is 23.8 Å². The predicted octanol–water partition coefficient (Wildman–Crippen LogP) is 3.85. The fourth-order valence-electron chi connectivity index (χ4n) is 2.23. The van der Waals surface area contributed by atoms with Gasteiger partial charge < -0.3 is 19.1 Å². The van der Waals surface area contributed by atoms with Gasteiger partial charge in [-0.05, 0) is 37.3 Å². The molecule has 0 radical (unpaired) electrons. The van der Waals surface area contributed by atoms with Gasteiger partial charge in [-0.25, -0.2) is 4.79 Å². The van der Waals surface area contributed by atoms with Crippen molar-refractivity contribution in [2.75, 3.05) is 6.61 Å². The Balaban J connectivity index is 1.71. The van der Waals surface area contributed by atoms with Crippen molar-refractivity contribution >= 4 is 17.6 Å². The Morgan fingerprint density at radius 1 is 1.27 bits per heavy atom. The van der Waals surface area contributed by atoms with Gasteiger partial charge in [-0.2, -0.15) is 4.98 Å². The highest BCUT2D eigenvalue weighted by Gasteiger charge is 2.17. The summed E-state index contributed by atoms with van der Waals surface area (Å²) in [5, 5.41) is 13.9. The summed E-state index contributed by atoms with van der Waals surface area (Å²) in [6.45, 7) is 2.14. The van der Waals surface area contributed by atoms with E-state index in [9.17, 15) is 9.90 Å². The Morgan fingerprint density at radius 3 is 2.88 bits per heavy atom. The lowest BCUT2D eigenvalue weighted by atomic mass is 10.2. The Hall–Kier alpha value is -3.06. The normalized spacial score (nSPS) is 10.5. The first-order valence-corrected chi connectivity index (χ1v) is 8.16. The summed E-state index contributed by atoms with van der Waals surface area (Å²) in [5.74, 6) is 0.0887. The van der Waals surface area contributed by atoms with E-state index in [1.807, 2.05) is 19.1 Å². The summed E-state index contributed by atoms with van der Waals surface area (Å²) in [6.07, 6.45) is 0. The molecule has 0 fully saturated rings. The molecule has 0 aliphatic rings. The van der Waals surface area contributed by atoms with Gasteiger partial charge in [0.1, 0.15) is 17.1 Å². The van der Waals surface area contributed by atoms with Gasteiger partial charge in [0.2, 0.25) is 5.82 Å². The predicted molar refractivity (Wildman–Crippen MR) is 93.1 cm³/mol. The van der Waals surface area contributed by atoms with Crippen molar-refractivity contribution in [1.82, 2.24) is 10.1 Å². The molecule has 1 heterocycles. The maximum absolute atomic E-state index is 12.1. The zero-order chi connectivity index (χ0) is 18.5. The molecule has 134 valence electrons. The average molecular weight is 375 g/mol. The number of hydrogen-bond acceptors (Lipinski definition) is 7. The average Bonchev–Trinajstić information content (AvgIpc) is 3.11. The minimum absolute atomic E-state index is 0.0427. The summed E-state index contributed by atoms with van der Waals surface area (Å²) >= 11 is 5.82. The third-order valence-corrected chi connectivity index (χ3v) is 3.64. The lowest BCUT2D eigenvalue weighted by Crippen LogP contribution is -2.05. The molecule has 0 atom stereocenters. The first-order valence-electron chi connectivity index (χ1n) is 7.79. The van der Waals surface area contributed by atoms with Gasteiger partial charge in [0.25, 0.3) is 5.89 Å². The van der Waals surface area contributed by atoms with Crippen LogP contribution < -0.4 is 4.74 Å². The van der Waals surface area contributed by atoms with E-state index in [4.69, 9.17) is 25.6 Å². The van der Waals surface area contributed by atoms with Gasteiger partial charge >= 0.3 is 5.97 Å². The van der Waals surface area contributed by atoms with Gasteiger partial charge in [-0.15, -0.1) is 0 Å². The van der Waals surface area contributed by atoms with E-state index >= 15 is 0 Å². The number of ether oxygens (including phenoxy) is 2. The molecular formula is C18H15ClN2O5. The number of phenols is 1. The van der Waals surface area contributed by atoms with E-state index in [0.29, 0.717) is 28.8 Å². The second-order valence-corrected chi connectivity index (χ2v) is 5.61. The van der Waals surface area contributed by atoms with Crippen LogP contribution in [-0.4, -0.2) is 27.8 Å². The molecule has 26 heavy (non-hydrogen) atoms. The molecule has 0 amide bonds. The summed E-state index contributed by atoms with van der Waals surface area (Å²) < 4.78 is 15.7. The van der Waals surface area contributed by atoms with Crippen molar-refractivity contribution < 1.29 is 23.9 Å². The number of hydrogen-bond donors (Lipinski definition) is 1. The van der Waals surface area contributed by atoms with E-state index in [1.54, 1.807) is 12.1 Å². The maximum Gasteiger partial charge on any atom is 0.342 e. The topological polar surface area (TPSA) is 94.7 Å². The van der Waals surface area contributed by atoms with Gasteiger partial charge in [0, 0.05) is 5.02 Å². The molecule has 0 aliphatic carbocycles. The molecule has 0 bridgehead atoms. The zero-order valence-electron chi connectivity index (χ0n) is 13.8. The molecule has 0 saturated heterocycles. The number of carbonyl (C=O) groups is 1. The van der Waals surface area contributed by atoms with Gasteiger partial charge in [-0.3, -0.25) is 0 Å². The summed E-state index contributed by atoms with van der Waals surface area (Å²) in [6, 6.07) is 11.4. The quantitative estimate of drug-likeness (QED) is 0.654. The summed E-state index contributed by atoms with van der Waals surface area (Å²) in [4.78, 5) is 16.3. The molecule has 1 N–H and O–H groups in total. The zero-order valence-corrected chi connectivity index (χ0v) is 14.6. The minimum atomic E-state index is -0.750. The first-order chi connectivity index (χ1) is 12.6. The highest BCUT2D eigenvalue weighted by atomic mass is 35.5. The van der Waals surface area contributed by atoms with E-state index < -0.39 is 5.97 Å². The number of para-hydroxylation sites is 1. The Kier molecular flexibility index (Phi) is 5.38. The minimum Gasteiger partial charge on any atom is -0.507 e. The van der Waals surface area contributed by atoms with Crippen molar-refractivity contribution in [3.63, 3.8) is 0 Å². The van der Waals surface area contributed by atoms with E-state index in [0.717, 1.165) is 0 Å². The molecule has 3 rings (SSSR count). The number of carbonyl (C=O) groups excluding carboxylic acids is 1.